The highest BCUT2D eigenvalue weighted by Gasteiger charge is 2.37. The topological polar surface area (TPSA) is 30.5 Å². The van der Waals surface area contributed by atoms with E-state index in [0.29, 0.717) is 18.9 Å². The van der Waals surface area contributed by atoms with Gasteiger partial charge in [0.2, 0.25) is 6.79 Å². The molecule has 1 aliphatic carbocycles. The van der Waals surface area contributed by atoms with Gasteiger partial charge in [0.1, 0.15) is 0 Å². The predicted octanol–water partition coefficient (Wildman–Crippen LogP) is 2.40. The zero-order valence-electron chi connectivity index (χ0n) is 10.0. The van der Waals surface area contributed by atoms with Crippen LogP contribution in [0.15, 0.2) is 12.1 Å². The first-order valence-corrected chi connectivity index (χ1v) is 6.50. The van der Waals surface area contributed by atoms with Gasteiger partial charge in [-0.1, -0.05) is 0 Å². The van der Waals surface area contributed by atoms with Crippen LogP contribution in [0.1, 0.15) is 36.9 Å². The van der Waals surface area contributed by atoms with Crippen molar-refractivity contribution in [3.8, 4) is 11.5 Å². The summed E-state index contributed by atoms with van der Waals surface area (Å²) in [6, 6.07) is 5.47. The Hall–Kier alpha value is -1.22. The fraction of sp³-hybridized carbons (Fsp3) is 0.571. The van der Waals surface area contributed by atoms with Gasteiger partial charge in [0, 0.05) is 12.1 Å². The van der Waals surface area contributed by atoms with Crippen molar-refractivity contribution in [1.82, 2.24) is 5.32 Å². The maximum absolute atomic E-state index is 5.49. The minimum atomic E-state index is 0.370. The van der Waals surface area contributed by atoms with Crippen molar-refractivity contribution in [3.63, 3.8) is 0 Å². The van der Waals surface area contributed by atoms with Crippen molar-refractivity contribution in [2.24, 2.45) is 5.92 Å². The van der Waals surface area contributed by atoms with Crippen molar-refractivity contribution in [2.75, 3.05) is 6.79 Å². The van der Waals surface area contributed by atoms with Crippen molar-refractivity contribution in [1.29, 1.82) is 0 Å². The van der Waals surface area contributed by atoms with E-state index in [1.807, 2.05) is 0 Å². The van der Waals surface area contributed by atoms with Crippen LogP contribution in [0.5, 0.6) is 11.5 Å². The van der Waals surface area contributed by atoms with Gasteiger partial charge in [-0.3, -0.25) is 0 Å². The first kappa shape index (κ1) is 9.77. The number of fused-ring (bicyclic) bond motifs is 2. The van der Waals surface area contributed by atoms with Crippen LogP contribution in [0.3, 0.4) is 0 Å². The van der Waals surface area contributed by atoms with Gasteiger partial charge < -0.3 is 14.8 Å². The summed E-state index contributed by atoms with van der Waals surface area (Å²) in [7, 11) is 0. The van der Waals surface area contributed by atoms with E-state index in [1.54, 1.807) is 0 Å². The van der Waals surface area contributed by atoms with E-state index < -0.39 is 0 Å². The number of ether oxygens (including phenoxy) is 2. The molecule has 0 aromatic heterocycles. The Morgan fingerprint density at radius 3 is 2.71 bits per heavy atom. The summed E-state index contributed by atoms with van der Waals surface area (Å²) in [6.45, 7) is 2.64. The molecule has 2 unspecified atom stereocenters. The third kappa shape index (κ3) is 1.53. The van der Waals surface area contributed by atoms with Crippen LogP contribution in [0, 0.1) is 5.92 Å². The van der Waals surface area contributed by atoms with Gasteiger partial charge in [-0.25, -0.2) is 0 Å². The highest BCUT2D eigenvalue weighted by atomic mass is 16.7. The summed E-state index contributed by atoms with van der Waals surface area (Å²) in [5.41, 5.74) is 2.88. The lowest BCUT2D eigenvalue weighted by molar-refractivity contribution is 0.174. The Bertz CT molecular complexity index is 468. The van der Waals surface area contributed by atoms with Gasteiger partial charge in [0.05, 0.1) is 0 Å². The first-order valence-electron chi connectivity index (χ1n) is 6.50. The molecule has 0 saturated heterocycles. The van der Waals surface area contributed by atoms with E-state index in [4.69, 9.17) is 9.47 Å². The third-order valence-electron chi connectivity index (χ3n) is 4.05. The zero-order chi connectivity index (χ0) is 11.4. The van der Waals surface area contributed by atoms with Crippen LogP contribution >= 0.6 is 0 Å². The van der Waals surface area contributed by atoms with Gasteiger partial charge in [-0.2, -0.15) is 0 Å². The van der Waals surface area contributed by atoms with Crippen LogP contribution in [0.25, 0.3) is 0 Å². The standard InChI is InChI=1S/C14H17NO2/c1-8-4-10-5-12-13(17-7-16-12)6-11(10)14(15-8)9-2-3-9/h5-6,8-9,14-15H,2-4,7H2,1H3. The van der Waals surface area contributed by atoms with E-state index in [-0.39, 0.29) is 0 Å². The van der Waals surface area contributed by atoms with E-state index in [9.17, 15) is 0 Å². The molecule has 2 atom stereocenters. The van der Waals surface area contributed by atoms with Gasteiger partial charge in [-0.15, -0.1) is 0 Å². The smallest absolute Gasteiger partial charge is 0.231 e. The minimum Gasteiger partial charge on any atom is -0.454 e. The second-order valence-corrected chi connectivity index (χ2v) is 5.49. The lowest BCUT2D eigenvalue weighted by atomic mass is 9.88. The Labute approximate surface area is 101 Å². The number of rotatable bonds is 1. The van der Waals surface area contributed by atoms with Gasteiger partial charge in [0.25, 0.3) is 0 Å². The summed E-state index contributed by atoms with van der Waals surface area (Å²) in [5.74, 6) is 2.68. The SMILES string of the molecule is CC1Cc2cc3c(cc2C(C2CC2)N1)OCO3. The molecule has 4 rings (SSSR count). The minimum absolute atomic E-state index is 0.370. The molecule has 1 aromatic rings. The molecule has 2 heterocycles. The van der Waals surface area contributed by atoms with Crippen molar-refractivity contribution >= 4 is 0 Å². The number of benzene rings is 1. The number of hydrogen-bond donors (Lipinski definition) is 1. The first-order chi connectivity index (χ1) is 8.31. The molecule has 1 aromatic carbocycles. The molecule has 3 heteroatoms. The van der Waals surface area contributed by atoms with Crippen molar-refractivity contribution < 1.29 is 9.47 Å². The number of hydrogen-bond acceptors (Lipinski definition) is 3. The fourth-order valence-corrected chi connectivity index (χ4v) is 3.07. The number of nitrogens with one attached hydrogen (secondary N) is 1. The molecular formula is C14H17NO2. The molecule has 1 fully saturated rings. The second kappa shape index (κ2) is 3.39. The molecule has 17 heavy (non-hydrogen) atoms. The molecule has 3 nitrogen and oxygen atoms in total. The maximum atomic E-state index is 5.49. The predicted molar refractivity (Wildman–Crippen MR) is 64.3 cm³/mol. The van der Waals surface area contributed by atoms with Crippen LogP contribution in [-0.4, -0.2) is 12.8 Å². The van der Waals surface area contributed by atoms with Crippen LogP contribution < -0.4 is 14.8 Å². The second-order valence-electron chi connectivity index (χ2n) is 5.49. The lowest BCUT2D eigenvalue weighted by Gasteiger charge is -2.31. The summed E-state index contributed by atoms with van der Waals surface area (Å²) in [4.78, 5) is 0. The average Bonchev–Trinajstić information content (AvgIpc) is 3.05. The Balaban J connectivity index is 1.81. The fourth-order valence-electron chi connectivity index (χ4n) is 3.07. The zero-order valence-corrected chi connectivity index (χ0v) is 10.0. The van der Waals surface area contributed by atoms with Crippen LogP contribution in [0.4, 0.5) is 0 Å². The highest BCUT2D eigenvalue weighted by Crippen LogP contribution is 2.47. The lowest BCUT2D eigenvalue weighted by Crippen LogP contribution is -2.38. The quantitative estimate of drug-likeness (QED) is 0.805. The Morgan fingerprint density at radius 2 is 1.94 bits per heavy atom. The van der Waals surface area contributed by atoms with Gasteiger partial charge in [0.15, 0.2) is 11.5 Å². The summed E-state index contributed by atoms with van der Waals surface area (Å²) >= 11 is 0. The molecule has 3 aliphatic rings. The van der Waals surface area contributed by atoms with E-state index in [0.717, 1.165) is 23.8 Å². The normalized spacial score (nSPS) is 30.2. The van der Waals surface area contributed by atoms with Crippen LogP contribution in [0.2, 0.25) is 0 Å². The molecule has 0 spiro atoms. The largest absolute Gasteiger partial charge is 0.454 e. The molecule has 1 N–H and O–H groups in total. The van der Waals surface area contributed by atoms with Crippen molar-refractivity contribution in [3.05, 3.63) is 23.3 Å². The van der Waals surface area contributed by atoms with E-state index in [1.165, 1.54) is 24.0 Å². The molecule has 0 amide bonds. The van der Waals surface area contributed by atoms with Gasteiger partial charge in [-0.05, 0) is 55.4 Å². The molecule has 90 valence electrons. The average molecular weight is 231 g/mol. The molecular weight excluding hydrogens is 214 g/mol. The summed E-state index contributed by atoms with van der Waals surface area (Å²) in [6.07, 6.45) is 3.81. The highest BCUT2D eigenvalue weighted by molar-refractivity contribution is 5.51. The molecule has 0 radical (unpaired) electrons. The monoisotopic (exact) mass is 231 g/mol. The Morgan fingerprint density at radius 1 is 1.18 bits per heavy atom. The van der Waals surface area contributed by atoms with Crippen LogP contribution in [-0.2, 0) is 6.42 Å². The van der Waals surface area contributed by atoms with E-state index >= 15 is 0 Å². The van der Waals surface area contributed by atoms with Gasteiger partial charge >= 0.3 is 0 Å². The summed E-state index contributed by atoms with van der Waals surface area (Å²) < 4.78 is 11.0. The Kier molecular flexibility index (Phi) is 1.95. The molecule has 1 saturated carbocycles. The van der Waals surface area contributed by atoms with E-state index in [2.05, 4.69) is 24.4 Å². The summed E-state index contributed by atoms with van der Waals surface area (Å²) in [5, 5.41) is 3.73. The molecule has 2 aliphatic heterocycles. The maximum Gasteiger partial charge on any atom is 0.231 e. The molecule has 0 bridgehead atoms. The third-order valence-corrected chi connectivity index (χ3v) is 4.05. The van der Waals surface area contributed by atoms with Crippen molar-refractivity contribution in [2.45, 2.75) is 38.3 Å².